The summed E-state index contributed by atoms with van der Waals surface area (Å²) in [6.07, 6.45) is 0.696. The third-order valence-electron chi connectivity index (χ3n) is 3.10. The number of ether oxygens (including phenoxy) is 1. The van der Waals surface area contributed by atoms with E-state index in [-0.39, 0.29) is 11.9 Å². The van der Waals surface area contributed by atoms with Crippen molar-refractivity contribution in [2.75, 3.05) is 13.7 Å². The van der Waals surface area contributed by atoms with Gasteiger partial charge < -0.3 is 10.1 Å². The van der Waals surface area contributed by atoms with Gasteiger partial charge in [-0.2, -0.15) is 0 Å². The van der Waals surface area contributed by atoms with Crippen LogP contribution in [0.5, 0.6) is 5.75 Å². The summed E-state index contributed by atoms with van der Waals surface area (Å²) in [5.74, 6) is 0.604. The summed E-state index contributed by atoms with van der Waals surface area (Å²) in [4.78, 5) is 0. The standard InChI is InChI=1S/C16H17BrFNO/c1-19-13(11-20-14-7-3-2-4-8-14)10-12-6-5-9-15(18)16(12)17/h2-9,13,19H,10-11H2,1H3. The molecular formula is C16H17BrFNO. The highest BCUT2D eigenvalue weighted by Gasteiger charge is 2.12. The lowest BCUT2D eigenvalue weighted by atomic mass is 10.1. The third-order valence-corrected chi connectivity index (χ3v) is 3.99. The summed E-state index contributed by atoms with van der Waals surface area (Å²) in [6.45, 7) is 0.531. The number of benzene rings is 2. The van der Waals surface area contributed by atoms with Gasteiger partial charge in [0.05, 0.1) is 4.47 Å². The second-order valence-corrected chi connectivity index (χ2v) is 5.32. The van der Waals surface area contributed by atoms with Crippen LogP contribution in [0.25, 0.3) is 0 Å². The van der Waals surface area contributed by atoms with E-state index < -0.39 is 0 Å². The van der Waals surface area contributed by atoms with E-state index in [4.69, 9.17) is 4.74 Å². The summed E-state index contributed by atoms with van der Waals surface area (Å²) in [7, 11) is 1.88. The average Bonchev–Trinajstić information content (AvgIpc) is 2.49. The fourth-order valence-corrected chi connectivity index (χ4v) is 2.36. The van der Waals surface area contributed by atoms with Crippen LogP contribution in [0, 0.1) is 5.82 Å². The fraction of sp³-hybridized carbons (Fsp3) is 0.250. The van der Waals surface area contributed by atoms with Gasteiger partial charge in [-0.3, -0.25) is 0 Å². The van der Waals surface area contributed by atoms with Gasteiger partial charge in [-0.25, -0.2) is 4.39 Å². The van der Waals surface area contributed by atoms with E-state index in [1.54, 1.807) is 6.07 Å². The van der Waals surface area contributed by atoms with Crippen LogP contribution in [0.15, 0.2) is 53.0 Å². The summed E-state index contributed by atoms with van der Waals surface area (Å²) in [6, 6.07) is 14.9. The molecule has 1 N–H and O–H groups in total. The van der Waals surface area contributed by atoms with E-state index >= 15 is 0 Å². The Labute approximate surface area is 127 Å². The Morgan fingerprint density at radius 2 is 1.90 bits per heavy atom. The average molecular weight is 338 g/mol. The first-order valence-electron chi connectivity index (χ1n) is 6.48. The maximum atomic E-state index is 13.5. The molecule has 4 heteroatoms. The maximum Gasteiger partial charge on any atom is 0.137 e. The SMILES string of the molecule is CNC(COc1ccccc1)Cc1cccc(F)c1Br. The maximum absolute atomic E-state index is 13.5. The molecule has 0 radical (unpaired) electrons. The first-order chi connectivity index (χ1) is 9.70. The van der Waals surface area contributed by atoms with Gasteiger partial charge in [0.2, 0.25) is 0 Å². The molecule has 0 bridgehead atoms. The summed E-state index contributed by atoms with van der Waals surface area (Å²) in [5, 5.41) is 3.20. The van der Waals surface area contributed by atoms with Gasteiger partial charge in [0.1, 0.15) is 18.2 Å². The molecule has 0 amide bonds. The molecule has 0 aliphatic rings. The predicted molar refractivity (Wildman–Crippen MR) is 82.6 cm³/mol. The minimum Gasteiger partial charge on any atom is -0.492 e. The van der Waals surface area contributed by atoms with Crippen LogP contribution in [0.4, 0.5) is 4.39 Å². The predicted octanol–water partition coefficient (Wildman–Crippen LogP) is 3.80. The van der Waals surface area contributed by atoms with Crippen molar-refractivity contribution in [1.29, 1.82) is 0 Å². The Morgan fingerprint density at radius 1 is 1.15 bits per heavy atom. The number of rotatable bonds is 6. The highest BCUT2D eigenvalue weighted by molar-refractivity contribution is 9.10. The lowest BCUT2D eigenvalue weighted by molar-refractivity contribution is 0.269. The second-order valence-electron chi connectivity index (χ2n) is 4.53. The largest absolute Gasteiger partial charge is 0.492 e. The zero-order valence-corrected chi connectivity index (χ0v) is 12.9. The van der Waals surface area contributed by atoms with E-state index in [1.807, 2.05) is 43.4 Å². The van der Waals surface area contributed by atoms with Gasteiger partial charge in [-0.05, 0) is 53.2 Å². The number of halogens is 2. The number of nitrogens with one attached hydrogen (secondary N) is 1. The van der Waals surface area contributed by atoms with E-state index in [1.165, 1.54) is 6.07 Å². The highest BCUT2D eigenvalue weighted by atomic mass is 79.9. The summed E-state index contributed by atoms with van der Waals surface area (Å²) < 4.78 is 19.7. The molecule has 2 aromatic rings. The van der Waals surface area contributed by atoms with Gasteiger partial charge >= 0.3 is 0 Å². The molecule has 0 saturated carbocycles. The molecule has 0 heterocycles. The van der Waals surface area contributed by atoms with Crippen molar-refractivity contribution in [3.05, 3.63) is 64.4 Å². The molecule has 1 unspecified atom stereocenters. The molecule has 2 nitrogen and oxygen atoms in total. The quantitative estimate of drug-likeness (QED) is 0.865. The number of hydrogen-bond donors (Lipinski definition) is 1. The zero-order valence-electron chi connectivity index (χ0n) is 11.3. The molecule has 0 aliphatic heterocycles. The monoisotopic (exact) mass is 337 g/mol. The molecule has 0 aliphatic carbocycles. The van der Waals surface area contributed by atoms with Crippen LogP contribution in [0.2, 0.25) is 0 Å². The van der Waals surface area contributed by atoms with Crippen molar-refractivity contribution in [3.63, 3.8) is 0 Å². The van der Waals surface area contributed by atoms with Gasteiger partial charge in [-0.15, -0.1) is 0 Å². The molecule has 0 saturated heterocycles. The van der Waals surface area contributed by atoms with Gasteiger partial charge in [0.25, 0.3) is 0 Å². The molecule has 0 spiro atoms. The van der Waals surface area contributed by atoms with Crippen molar-refractivity contribution < 1.29 is 9.13 Å². The lowest BCUT2D eigenvalue weighted by Crippen LogP contribution is -2.34. The van der Waals surface area contributed by atoms with Gasteiger partial charge in [0, 0.05) is 6.04 Å². The summed E-state index contributed by atoms with van der Waals surface area (Å²) >= 11 is 3.29. The van der Waals surface area contributed by atoms with Crippen LogP contribution >= 0.6 is 15.9 Å². The van der Waals surface area contributed by atoms with E-state index in [2.05, 4.69) is 21.2 Å². The van der Waals surface area contributed by atoms with Crippen molar-refractivity contribution >= 4 is 15.9 Å². The van der Waals surface area contributed by atoms with E-state index in [0.29, 0.717) is 17.5 Å². The normalized spacial score (nSPS) is 12.2. The Hall–Kier alpha value is -1.39. The first-order valence-corrected chi connectivity index (χ1v) is 7.28. The molecule has 1 atom stereocenters. The van der Waals surface area contributed by atoms with Crippen molar-refractivity contribution in [1.82, 2.24) is 5.32 Å². The zero-order chi connectivity index (χ0) is 14.4. The minimum absolute atomic E-state index is 0.119. The molecule has 106 valence electrons. The van der Waals surface area contributed by atoms with Crippen LogP contribution in [-0.4, -0.2) is 19.7 Å². The fourth-order valence-electron chi connectivity index (χ4n) is 1.93. The molecular weight excluding hydrogens is 321 g/mol. The molecule has 0 aromatic heterocycles. The van der Waals surface area contributed by atoms with Gasteiger partial charge in [0.15, 0.2) is 0 Å². The molecule has 20 heavy (non-hydrogen) atoms. The topological polar surface area (TPSA) is 21.3 Å². The Balaban J connectivity index is 1.97. The Morgan fingerprint density at radius 3 is 2.60 bits per heavy atom. The van der Waals surface area contributed by atoms with Crippen LogP contribution in [0.3, 0.4) is 0 Å². The molecule has 2 aromatic carbocycles. The molecule has 2 rings (SSSR count). The highest BCUT2D eigenvalue weighted by Crippen LogP contribution is 2.21. The number of hydrogen-bond acceptors (Lipinski definition) is 2. The van der Waals surface area contributed by atoms with Crippen LogP contribution in [0.1, 0.15) is 5.56 Å². The first kappa shape index (κ1) is 15.0. The van der Waals surface area contributed by atoms with E-state index in [9.17, 15) is 4.39 Å². The number of likely N-dealkylation sites (N-methyl/N-ethyl adjacent to an activating group) is 1. The van der Waals surface area contributed by atoms with Crippen LogP contribution < -0.4 is 10.1 Å². The van der Waals surface area contributed by atoms with Gasteiger partial charge in [-0.1, -0.05) is 30.3 Å². The van der Waals surface area contributed by atoms with Crippen LogP contribution in [-0.2, 0) is 6.42 Å². The second kappa shape index (κ2) is 7.41. The number of para-hydroxylation sites is 1. The van der Waals surface area contributed by atoms with Crippen molar-refractivity contribution in [2.45, 2.75) is 12.5 Å². The Bertz CT molecular complexity index is 547. The minimum atomic E-state index is -0.235. The molecule has 0 fully saturated rings. The smallest absolute Gasteiger partial charge is 0.137 e. The third kappa shape index (κ3) is 4.05. The Kier molecular flexibility index (Phi) is 5.56. The van der Waals surface area contributed by atoms with Crippen molar-refractivity contribution in [2.24, 2.45) is 0 Å². The summed E-state index contributed by atoms with van der Waals surface area (Å²) in [5.41, 5.74) is 0.931. The lowest BCUT2D eigenvalue weighted by Gasteiger charge is -2.18. The van der Waals surface area contributed by atoms with Crippen molar-refractivity contribution in [3.8, 4) is 5.75 Å². The van der Waals surface area contributed by atoms with E-state index in [0.717, 1.165) is 11.3 Å².